The number of hydrogen-bond donors (Lipinski definition) is 0. The predicted octanol–water partition coefficient (Wildman–Crippen LogP) is 2.12. The molecular weight excluding hydrogens is 246 g/mol. The number of ether oxygens (including phenoxy) is 2. The van der Waals surface area contributed by atoms with Crippen molar-refractivity contribution in [2.75, 3.05) is 19.7 Å². The van der Waals surface area contributed by atoms with Crippen molar-refractivity contribution in [3.05, 3.63) is 35.9 Å². The quantitative estimate of drug-likeness (QED) is 0.617. The molecule has 0 aliphatic carbocycles. The molecule has 0 atom stereocenters. The Balaban J connectivity index is 1.39. The van der Waals surface area contributed by atoms with E-state index in [1.54, 1.807) is 5.06 Å². The molecule has 0 aromatic heterocycles. The maximum Gasteiger partial charge on any atom is 0.528 e. The number of carbonyl (C=O) groups excluding carboxylic acids is 1. The van der Waals surface area contributed by atoms with E-state index in [4.69, 9.17) is 14.3 Å². The predicted molar refractivity (Wildman–Crippen MR) is 67.2 cm³/mol. The fourth-order valence-electron chi connectivity index (χ4n) is 2.22. The van der Waals surface area contributed by atoms with Crippen LogP contribution in [-0.2, 0) is 20.9 Å². The van der Waals surface area contributed by atoms with E-state index in [0.29, 0.717) is 13.1 Å². The van der Waals surface area contributed by atoms with E-state index < -0.39 is 6.16 Å². The minimum atomic E-state index is -0.642. The average Bonchev–Trinajstić information content (AvgIpc) is 3.20. The van der Waals surface area contributed by atoms with Gasteiger partial charge in [-0.15, -0.1) is 5.06 Å². The van der Waals surface area contributed by atoms with Gasteiger partial charge in [0.1, 0.15) is 6.61 Å². The average molecular weight is 263 g/mol. The molecule has 5 heteroatoms. The van der Waals surface area contributed by atoms with Gasteiger partial charge in [-0.1, -0.05) is 30.3 Å². The minimum Gasteiger partial charge on any atom is -0.428 e. The van der Waals surface area contributed by atoms with E-state index in [9.17, 15) is 4.79 Å². The smallest absolute Gasteiger partial charge is 0.428 e. The molecule has 0 saturated carbocycles. The van der Waals surface area contributed by atoms with Crippen LogP contribution in [0.25, 0.3) is 0 Å². The van der Waals surface area contributed by atoms with Gasteiger partial charge in [-0.25, -0.2) is 4.79 Å². The Morgan fingerprint density at radius 2 is 1.95 bits per heavy atom. The third-order valence-corrected chi connectivity index (χ3v) is 3.59. The maximum absolute atomic E-state index is 11.5. The molecule has 19 heavy (non-hydrogen) atoms. The van der Waals surface area contributed by atoms with Crippen molar-refractivity contribution in [1.82, 2.24) is 5.06 Å². The minimum absolute atomic E-state index is 0.0911. The van der Waals surface area contributed by atoms with Crippen LogP contribution in [0.3, 0.4) is 0 Å². The number of hydroxylamine groups is 2. The Bertz CT molecular complexity index is 434. The van der Waals surface area contributed by atoms with E-state index in [2.05, 4.69) is 0 Å². The third kappa shape index (κ3) is 3.24. The zero-order valence-electron chi connectivity index (χ0n) is 10.7. The van der Waals surface area contributed by atoms with Crippen LogP contribution in [0.4, 0.5) is 4.79 Å². The SMILES string of the molecule is O=C(OCc1ccccc1)ON1CCC2(CC1)CO2. The lowest BCUT2D eigenvalue weighted by molar-refractivity contribution is -0.146. The molecule has 1 aromatic rings. The van der Waals surface area contributed by atoms with Crippen LogP contribution in [0.2, 0.25) is 0 Å². The second kappa shape index (κ2) is 5.19. The lowest BCUT2D eigenvalue weighted by Crippen LogP contribution is -2.39. The summed E-state index contributed by atoms with van der Waals surface area (Å²) in [6.45, 7) is 2.50. The fourth-order valence-corrected chi connectivity index (χ4v) is 2.22. The summed E-state index contributed by atoms with van der Waals surface area (Å²) in [4.78, 5) is 16.7. The third-order valence-electron chi connectivity index (χ3n) is 3.59. The molecule has 0 unspecified atom stereocenters. The summed E-state index contributed by atoms with van der Waals surface area (Å²) < 4.78 is 10.5. The molecule has 5 nitrogen and oxygen atoms in total. The first-order valence-electron chi connectivity index (χ1n) is 6.53. The highest BCUT2D eigenvalue weighted by molar-refractivity contribution is 5.59. The lowest BCUT2D eigenvalue weighted by Gasteiger charge is -2.28. The summed E-state index contributed by atoms with van der Waals surface area (Å²) in [6, 6.07) is 9.55. The van der Waals surface area contributed by atoms with Gasteiger partial charge in [0.2, 0.25) is 0 Å². The van der Waals surface area contributed by atoms with Crippen molar-refractivity contribution in [2.24, 2.45) is 0 Å². The molecule has 1 spiro atoms. The maximum atomic E-state index is 11.5. The molecule has 2 saturated heterocycles. The Morgan fingerprint density at radius 3 is 2.58 bits per heavy atom. The lowest BCUT2D eigenvalue weighted by atomic mass is 9.99. The largest absolute Gasteiger partial charge is 0.528 e. The number of piperidine rings is 1. The van der Waals surface area contributed by atoms with E-state index in [1.807, 2.05) is 30.3 Å². The molecule has 0 radical (unpaired) electrons. The standard InChI is InChI=1S/C14H17NO4/c16-13(17-10-12-4-2-1-3-5-12)19-15-8-6-14(7-9-15)11-18-14/h1-5H,6-11H2. The first-order chi connectivity index (χ1) is 9.26. The Morgan fingerprint density at radius 1 is 1.26 bits per heavy atom. The molecule has 2 aliphatic heterocycles. The van der Waals surface area contributed by atoms with E-state index in [-0.39, 0.29) is 12.2 Å². The van der Waals surface area contributed by atoms with Crippen molar-refractivity contribution < 1.29 is 19.1 Å². The van der Waals surface area contributed by atoms with Crippen molar-refractivity contribution >= 4 is 6.16 Å². The second-order valence-corrected chi connectivity index (χ2v) is 5.02. The van der Waals surface area contributed by atoms with Crippen LogP contribution < -0.4 is 0 Å². The van der Waals surface area contributed by atoms with Gasteiger partial charge in [0.05, 0.1) is 12.2 Å². The molecule has 0 bridgehead atoms. The molecule has 2 fully saturated rings. The monoisotopic (exact) mass is 263 g/mol. The van der Waals surface area contributed by atoms with Crippen LogP contribution in [0.5, 0.6) is 0 Å². The zero-order chi connectivity index (χ0) is 13.1. The number of rotatable bonds is 3. The van der Waals surface area contributed by atoms with Crippen molar-refractivity contribution in [1.29, 1.82) is 0 Å². The van der Waals surface area contributed by atoms with Crippen LogP contribution in [0, 0.1) is 0 Å². The van der Waals surface area contributed by atoms with Gasteiger partial charge >= 0.3 is 6.16 Å². The van der Waals surface area contributed by atoms with E-state index >= 15 is 0 Å². The number of hydrogen-bond acceptors (Lipinski definition) is 5. The first kappa shape index (κ1) is 12.4. The van der Waals surface area contributed by atoms with Gasteiger partial charge in [0.25, 0.3) is 0 Å². The number of benzene rings is 1. The second-order valence-electron chi connectivity index (χ2n) is 5.02. The number of epoxide rings is 1. The number of carbonyl (C=O) groups is 1. The van der Waals surface area contributed by atoms with Gasteiger partial charge in [0, 0.05) is 13.1 Å². The molecule has 0 amide bonds. The van der Waals surface area contributed by atoms with Crippen LogP contribution in [-0.4, -0.2) is 36.5 Å². The Kier molecular flexibility index (Phi) is 3.40. The van der Waals surface area contributed by atoms with Gasteiger partial charge in [-0.05, 0) is 18.4 Å². The Labute approximate surface area is 112 Å². The summed E-state index contributed by atoms with van der Waals surface area (Å²) in [7, 11) is 0. The molecule has 3 rings (SSSR count). The summed E-state index contributed by atoms with van der Waals surface area (Å²) in [5.41, 5.74) is 1.04. The normalized spacial score (nSPS) is 21.1. The van der Waals surface area contributed by atoms with Gasteiger partial charge in [0.15, 0.2) is 0 Å². The van der Waals surface area contributed by atoms with Crippen molar-refractivity contribution in [3.8, 4) is 0 Å². The van der Waals surface area contributed by atoms with Gasteiger partial charge in [-0.2, -0.15) is 0 Å². The summed E-state index contributed by atoms with van der Waals surface area (Å²) in [6.07, 6.45) is 1.19. The zero-order valence-corrected chi connectivity index (χ0v) is 10.7. The number of nitrogens with zero attached hydrogens (tertiary/aromatic N) is 1. The van der Waals surface area contributed by atoms with E-state index in [1.165, 1.54) is 0 Å². The first-order valence-corrected chi connectivity index (χ1v) is 6.53. The topological polar surface area (TPSA) is 51.3 Å². The van der Waals surface area contributed by atoms with Gasteiger partial charge in [-0.3, -0.25) is 0 Å². The molecule has 0 N–H and O–H groups in total. The summed E-state index contributed by atoms with van der Waals surface area (Å²) >= 11 is 0. The highest BCUT2D eigenvalue weighted by atomic mass is 16.8. The summed E-state index contributed by atoms with van der Waals surface area (Å²) in [5, 5.41) is 1.65. The van der Waals surface area contributed by atoms with E-state index in [0.717, 1.165) is 25.0 Å². The van der Waals surface area contributed by atoms with Crippen LogP contribution in [0.15, 0.2) is 30.3 Å². The molecular formula is C14H17NO4. The highest BCUT2D eigenvalue weighted by Crippen LogP contribution is 2.37. The fraction of sp³-hybridized carbons (Fsp3) is 0.500. The van der Waals surface area contributed by atoms with Crippen LogP contribution in [0.1, 0.15) is 18.4 Å². The highest BCUT2D eigenvalue weighted by Gasteiger charge is 2.47. The summed E-state index contributed by atoms with van der Waals surface area (Å²) in [5.74, 6) is 0. The van der Waals surface area contributed by atoms with Crippen LogP contribution >= 0.6 is 0 Å². The van der Waals surface area contributed by atoms with Crippen molar-refractivity contribution in [3.63, 3.8) is 0 Å². The molecule has 1 aromatic carbocycles. The molecule has 2 aliphatic rings. The molecule has 2 heterocycles. The molecule has 102 valence electrons. The Hall–Kier alpha value is -1.59. The van der Waals surface area contributed by atoms with Gasteiger partial charge < -0.3 is 14.3 Å². The van der Waals surface area contributed by atoms with Crippen molar-refractivity contribution in [2.45, 2.75) is 25.0 Å².